The molecule has 3 atom stereocenters. The molecule has 2 aliphatic rings. The predicted molar refractivity (Wildman–Crippen MR) is 108 cm³/mol. The normalized spacial score (nSPS) is 26.0. The largest absolute Gasteiger partial charge is 0.511 e. The molecule has 5 nitrogen and oxygen atoms in total. The molecule has 0 saturated carbocycles. The SMILES string of the molecule is C[C@@]1(CCl)S[C@H]2CC(=O)N2[C@H]1OC(=O)OC(c1ccccc1)c1ccccc1. The number of halogens is 1. The molecule has 2 heterocycles. The number of benzene rings is 2. The minimum Gasteiger partial charge on any atom is -0.421 e. The van der Waals surface area contributed by atoms with Crippen molar-refractivity contribution in [3.63, 3.8) is 0 Å². The molecule has 0 bridgehead atoms. The van der Waals surface area contributed by atoms with Gasteiger partial charge in [-0.25, -0.2) is 4.79 Å². The van der Waals surface area contributed by atoms with E-state index in [4.69, 9.17) is 21.1 Å². The van der Waals surface area contributed by atoms with Crippen LogP contribution in [0.15, 0.2) is 60.7 Å². The van der Waals surface area contributed by atoms with Crippen molar-refractivity contribution < 1.29 is 19.1 Å². The van der Waals surface area contributed by atoms with Crippen LogP contribution in [0.2, 0.25) is 0 Å². The number of thioether (sulfide) groups is 1. The molecule has 2 aromatic carbocycles. The summed E-state index contributed by atoms with van der Waals surface area (Å²) >= 11 is 7.71. The van der Waals surface area contributed by atoms with Crippen molar-refractivity contribution in [1.82, 2.24) is 4.90 Å². The lowest BCUT2D eigenvalue weighted by atomic mass is 10.0. The van der Waals surface area contributed by atoms with Gasteiger partial charge in [0.1, 0.15) is 0 Å². The summed E-state index contributed by atoms with van der Waals surface area (Å²) in [5.74, 6) is 0.225. The number of rotatable bonds is 5. The van der Waals surface area contributed by atoms with Gasteiger partial charge in [0.2, 0.25) is 5.91 Å². The van der Waals surface area contributed by atoms with Crippen molar-refractivity contribution in [2.45, 2.75) is 35.8 Å². The number of hydrogen-bond donors (Lipinski definition) is 0. The first-order chi connectivity index (χ1) is 13.5. The Kier molecular flexibility index (Phi) is 5.25. The molecule has 4 rings (SSSR count). The van der Waals surface area contributed by atoms with Crippen LogP contribution in [-0.4, -0.2) is 39.2 Å². The molecule has 0 N–H and O–H groups in total. The highest BCUT2D eigenvalue weighted by Crippen LogP contribution is 2.51. The van der Waals surface area contributed by atoms with E-state index in [9.17, 15) is 9.59 Å². The zero-order chi connectivity index (χ0) is 19.7. The third-order valence-electron chi connectivity index (χ3n) is 5.02. The molecule has 1 amide bonds. The van der Waals surface area contributed by atoms with Crippen LogP contribution >= 0.6 is 23.4 Å². The number of ether oxygens (including phenoxy) is 2. The van der Waals surface area contributed by atoms with Crippen molar-refractivity contribution in [3.8, 4) is 0 Å². The maximum Gasteiger partial charge on any atom is 0.511 e. The Balaban J connectivity index is 1.54. The van der Waals surface area contributed by atoms with E-state index in [2.05, 4.69) is 0 Å². The van der Waals surface area contributed by atoms with Crippen molar-refractivity contribution >= 4 is 35.4 Å². The number of amides is 1. The molecule has 2 saturated heterocycles. The lowest BCUT2D eigenvalue weighted by Gasteiger charge is -2.38. The smallest absolute Gasteiger partial charge is 0.421 e. The molecule has 0 aromatic heterocycles. The number of carbonyl (C=O) groups is 2. The van der Waals surface area contributed by atoms with Gasteiger partial charge in [-0.1, -0.05) is 60.7 Å². The fraction of sp³-hybridized carbons (Fsp3) is 0.333. The van der Waals surface area contributed by atoms with Gasteiger partial charge in [0.25, 0.3) is 0 Å². The van der Waals surface area contributed by atoms with Crippen LogP contribution in [0.25, 0.3) is 0 Å². The first kappa shape index (κ1) is 19.2. The molecule has 0 aliphatic carbocycles. The highest BCUT2D eigenvalue weighted by molar-refractivity contribution is 8.01. The maximum absolute atomic E-state index is 12.7. The zero-order valence-electron chi connectivity index (χ0n) is 15.3. The average molecular weight is 418 g/mol. The van der Waals surface area contributed by atoms with Crippen LogP contribution in [0.4, 0.5) is 4.79 Å². The number of fused-ring (bicyclic) bond motifs is 1. The van der Waals surface area contributed by atoms with Gasteiger partial charge in [0, 0.05) is 5.88 Å². The summed E-state index contributed by atoms with van der Waals surface area (Å²) < 4.78 is 10.8. The first-order valence-corrected chi connectivity index (χ1v) is 10.5. The number of hydrogen-bond acceptors (Lipinski definition) is 5. The van der Waals surface area contributed by atoms with Gasteiger partial charge in [-0.3, -0.25) is 9.69 Å². The van der Waals surface area contributed by atoms with E-state index in [1.807, 2.05) is 67.6 Å². The fourth-order valence-corrected chi connectivity index (χ4v) is 5.37. The van der Waals surface area contributed by atoms with Crippen molar-refractivity contribution in [3.05, 3.63) is 71.8 Å². The van der Waals surface area contributed by atoms with Crippen LogP contribution in [0.1, 0.15) is 30.6 Å². The van der Waals surface area contributed by atoms with Gasteiger partial charge in [-0.2, -0.15) is 0 Å². The summed E-state index contributed by atoms with van der Waals surface area (Å²) in [5, 5.41) is 0.00749. The summed E-state index contributed by atoms with van der Waals surface area (Å²) in [5.41, 5.74) is 1.67. The number of carbonyl (C=O) groups excluding carboxylic acids is 2. The first-order valence-electron chi connectivity index (χ1n) is 9.04. The van der Waals surface area contributed by atoms with E-state index >= 15 is 0 Å². The Morgan fingerprint density at radius 3 is 2.25 bits per heavy atom. The number of β-lactam (4-membered cyclic amide) rings is 1. The van der Waals surface area contributed by atoms with Gasteiger partial charge in [-0.05, 0) is 18.1 Å². The molecule has 0 spiro atoms. The molecule has 28 heavy (non-hydrogen) atoms. The topological polar surface area (TPSA) is 55.8 Å². The number of alkyl halides is 1. The minimum atomic E-state index is -0.819. The third-order valence-corrected chi connectivity index (χ3v) is 7.28. The predicted octanol–water partition coefficient (Wildman–Crippen LogP) is 4.56. The minimum absolute atomic E-state index is 0.00749. The molecule has 2 fully saturated rings. The van der Waals surface area contributed by atoms with Gasteiger partial charge in [0.05, 0.1) is 16.5 Å². The van der Waals surface area contributed by atoms with Gasteiger partial charge in [-0.15, -0.1) is 23.4 Å². The van der Waals surface area contributed by atoms with E-state index < -0.39 is 23.2 Å². The Hall–Kier alpha value is -2.18. The lowest BCUT2D eigenvalue weighted by Crippen LogP contribution is -2.56. The Bertz CT molecular complexity index is 826. The van der Waals surface area contributed by atoms with Crippen LogP contribution in [0.5, 0.6) is 0 Å². The summed E-state index contributed by atoms with van der Waals surface area (Å²) in [4.78, 5) is 26.3. The standard InChI is InChI=1S/C21H20ClNO4S/c1-21(13-22)19(23-16(24)12-17(23)28-21)27-20(25)26-18(14-8-4-2-5-9-14)15-10-6-3-7-11-15/h2-11,17-19H,12-13H2,1H3/t17-,19-,21-/m0/s1. The van der Waals surface area contributed by atoms with E-state index in [-0.39, 0.29) is 17.2 Å². The van der Waals surface area contributed by atoms with Crippen molar-refractivity contribution in [2.75, 3.05) is 5.88 Å². The van der Waals surface area contributed by atoms with Crippen LogP contribution in [-0.2, 0) is 14.3 Å². The van der Waals surface area contributed by atoms with E-state index in [0.717, 1.165) is 11.1 Å². The fourth-order valence-electron chi connectivity index (χ4n) is 3.52. The summed E-state index contributed by atoms with van der Waals surface area (Å²) in [6.45, 7) is 1.90. The zero-order valence-corrected chi connectivity index (χ0v) is 16.9. The summed E-state index contributed by atoms with van der Waals surface area (Å²) in [6.07, 6.45) is -1.71. The van der Waals surface area contributed by atoms with Crippen molar-refractivity contribution in [2.24, 2.45) is 0 Å². The lowest BCUT2D eigenvalue weighted by molar-refractivity contribution is -0.157. The third kappa shape index (κ3) is 3.47. The molecule has 0 radical (unpaired) electrons. The second kappa shape index (κ2) is 7.68. The highest BCUT2D eigenvalue weighted by atomic mass is 35.5. The van der Waals surface area contributed by atoms with Gasteiger partial charge in [0.15, 0.2) is 12.3 Å². The van der Waals surface area contributed by atoms with E-state index in [1.165, 1.54) is 0 Å². The highest BCUT2D eigenvalue weighted by Gasteiger charge is 2.59. The monoisotopic (exact) mass is 417 g/mol. The van der Waals surface area contributed by atoms with Crippen LogP contribution < -0.4 is 0 Å². The molecule has 7 heteroatoms. The Morgan fingerprint density at radius 1 is 1.18 bits per heavy atom. The Morgan fingerprint density at radius 2 is 1.75 bits per heavy atom. The van der Waals surface area contributed by atoms with Crippen LogP contribution in [0.3, 0.4) is 0 Å². The molecule has 146 valence electrons. The number of nitrogens with zero attached hydrogens (tertiary/aromatic N) is 1. The van der Waals surface area contributed by atoms with Crippen LogP contribution in [0, 0.1) is 0 Å². The molecule has 2 aliphatic heterocycles. The second-order valence-electron chi connectivity index (χ2n) is 7.06. The van der Waals surface area contributed by atoms with E-state index in [1.54, 1.807) is 16.7 Å². The molecule has 0 unspecified atom stereocenters. The molecule has 2 aromatic rings. The van der Waals surface area contributed by atoms with Gasteiger partial charge < -0.3 is 9.47 Å². The molecular formula is C21H20ClNO4S. The quantitative estimate of drug-likeness (QED) is 0.405. The summed E-state index contributed by atoms with van der Waals surface area (Å²) in [7, 11) is 0. The summed E-state index contributed by atoms with van der Waals surface area (Å²) in [6, 6.07) is 19.0. The molecular weight excluding hydrogens is 398 g/mol. The van der Waals surface area contributed by atoms with Crippen molar-refractivity contribution in [1.29, 1.82) is 0 Å². The Labute approximate surface area is 172 Å². The average Bonchev–Trinajstić information content (AvgIpc) is 2.94. The van der Waals surface area contributed by atoms with Gasteiger partial charge >= 0.3 is 6.16 Å². The van der Waals surface area contributed by atoms with E-state index in [0.29, 0.717) is 6.42 Å². The second-order valence-corrected chi connectivity index (χ2v) is 9.04. The maximum atomic E-state index is 12.7.